The Morgan fingerprint density at radius 1 is 0.828 bits per heavy atom. The van der Waals surface area contributed by atoms with Gasteiger partial charge in [-0.3, -0.25) is 33.3 Å². The number of amides is 4. The number of hydrogen-bond acceptors (Lipinski definition) is 6. The second-order valence-corrected chi connectivity index (χ2v) is 7.12. The molecule has 1 aromatic heterocycles. The van der Waals surface area contributed by atoms with Gasteiger partial charge in [0, 0.05) is 28.2 Å². The highest BCUT2D eigenvalue weighted by Crippen LogP contribution is 2.49. The first kappa shape index (κ1) is 18.7. The van der Waals surface area contributed by atoms with Crippen molar-refractivity contribution in [3.8, 4) is 5.88 Å². The lowest BCUT2D eigenvalue weighted by atomic mass is 9.77. The SMILES string of the molecule is CN1C(=O)N(C)C(=O)C2(Oc3c(c(=O)n(C)c(=O)n3C)[C@H]2c2ccccc2)C1=O. The predicted octanol–water partition coefficient (Wildman–Crippen LogP) is -0.602. The van der Waals surface area contributed by atoms with Crippen LogP contribution < -0.4 is 16.0 Å². The van der Waals surface area contributed by atoms with E-state index in [2.05, 4.69) is 0 Å². The van der Waals surface area contributed by atoms with Crippen molar-refractivity contribution >= 4 is 17.8 Å². The van der Waals surface area contributed by atoms with Crippen LogP contribution in [-0.2, 0) is 23.7 Å². The molecule has 2 aliphatic heterocycles. The Balaban J connectivity index is 2.12. The molecular formula is C19H18N4O6. The van der Waals surface area contributed by atoms with Crippen LogP contribution in [0.2, 0.25) is 0 Å². The van der Waals surface area contributed by atoms with Crippen LogP contribution >= 0.6 is 0 Å². The van der Waals surface area contributed by atoms with Gasteiger partial charge >= 0.3 is 11.7 Å². The Kier molecular flexibility index (Phi) is 3.80. The summed E-state index contributed by atoms with van der Waals surface area (Å²) in [5.41, 5.74) is -3.06. The fraction of sp³-hybridized carbons (Fsp3) is 0.316. The first-order valence-corrected chi connectivity index (χ1v) is 8.78. The van der Waals surface area contributed by atoms with Crippen LogP contribution in [0.15, 0.2) is 39.9 Å². The van der Waals surface area contributed by atoms with E-state index in [0.717, 1.165) is 18.9 Å². The number of imide groups is 2. The topological polar surface area (TPSA) is 111 Å². The average molecular weight is 398 g/mol. The Labute approximate surface area is 164 Å². The summed E-state index contributed by atoms with van der Waals surface area (Å²) in [6, 6.07) is 7.66. The maximum Gasteiger partial charge on any atom is 0.333 e. The van der Waals surface area contributed by atoms with E-state index in [1.165, 1.54) is 28.2 Å². The highest BCUT2D eigenvalue weighted by Gasteiger charge is 2.67. The maximum absolute atomic E-state index is 13.3. The van der Waals surface area contributed by atoms with E-state index in [4.69, 9.17) is 4.74 Å². The van der Waals surface area contributed by atoms with E-state index < -0.39 is 40.6 Å². The van der Waals surface area contributed by atoms with Crippen LogP contribution in [0, 0.1) is 0 Å². The Morgan fingerprint density at radius 2 is 1.38 bits per heavy atom. The molecule has 10 heteroatoms. The van der Waals surface area contributed by atoms with Gasteiger partial charge in [-0.05, 0) is 5.56 Å². The van der Waals surface area contributed by atoms with Crippen molar-refractivity contribution in [2.75, 3.05) is 14.1 Å². The highest BCUT2D eigenvalue weighted by atomic mass is 16.5. The lowest BCUT2D eigenvalue weighted by Gasteiger charge is -2.41. The van der Waals surface area contributed by atoms with E-state index in [9.17, 15) is 24.0 Å². The number of ether oxygens (including phenoxy) is 1. The van der Waals surface area contributed by atoms with Crippen LogP contribution in [0.5, 0.6) is 5.88 Å². The molecule has 1 fully saturated rings. The zero-order valence-electron chi connectivity index (χ0n) is 16.2. The predicted molar refractivity (Wildman–Crippen MR) is 99.5 cm³/mol. The molecule has 1 spiro atoms. The number of carbonyl (C=O) groups excluding carboxylic acids is 3. The molecule has 29 heavy (non-hydrogen) atoms. The number of hydrogen-bond donors (Lipinski definition) is 0. The minimum absolute atomic E-state index is 0.0126. The normalized spacial score (nSPS) is 20.3. The maximum atomic E-state index is 13.3. The number of nitrogens with zero attached hydrogens (tertiary/aromatic N) is 4. The van der Waals surface area contributed by atoms with Crippen molar-refractivity contribution in [3.63, 3.8) is 0 Å². The molecule has 1 atom stereocenters. The summed E-state index contributed by atoms with van der Waals surface area (Å²) in [4.78, 5) is 65.9. The van der Waals surface area contributed by atoms with E-state index in [0.29, 0.717) is 5.56 Å². The van der Waals surface area contributed by atoms with Gasteiger partial charge in [0.2, 0.25) is 5.88 Å². The zero-order valence-corrected chi connectivity index (χ0v) is 16.2. The summed E-state index contributed by atoms with van der Waals surface area (Å²) in [7, 11) is 5.17. The third-order valence-corrected chi connectivity index (χ3v) is 5.55. The summed E-state index contributed by atoms with van der Waals surface area (Å²) in [6.45, 7) is 0. The Morgan fingerprint density at radius 3 is 1.93 bits per heavy atom. The lowest BCUT2D eigenvalue weighted by Crippen LogP contribution is -2.70. The molecule has 3 heterocycles. The molecule has 0 bridgehead atoms. The van der Waals surface area contributed by atoms with Gasteiger partial charge in [-0.2, -0.15) is 0 Å². The summed E-state index contributed by atoms with van der Waals surface area (Å²) in [5.74, 6) is -3.10. The number of benzene rings is 1. The van der Waals surface area contributed by atoms with E-state index in [1.807, 2.05) is 0 Å². The minimum atomic E-state index is -2.21. The first-order valence-electron chi connectivity index (χ1n) is 8.78. The Hall–Kier alpha value is -3.69. The average Bonchev–Trinajstić information content (AvgIpc) is 3.10. The molecular weight excluding hydrogens is 380 g/mol. The van der Waals surface area contributed by atoms with Crippen molar-refractivity contribution in [2.24, 2.45) is 14.1 Å². The van der Waals surface area contributed by atoms with Gasteiger partial charge in [-0.25, -0.2) is 9.59 Å². The van der Waals surface area contributed by atoms with Crippen molar-refractivity contribution < 1.29 is 19.1 Å². The van der Waals surface area contributed by atoms with Crippen molar-refractivity contribution in [3.05, 3.63) is 62.3 Å². The van der Waals surface area contributed by atoms with Gasteiger partial charge in [0.05, 0.1) is 11.5 Å². The molecule has 0 aliphatic carbocycles. The van der Waals surface area contributed by atoms with E-state index in [1.54, 1.807) is 30.3 Å². The van der Waals surface area contributed by atoms with Crippen LogP contribution in [0.3, 0.4) is 0 Å². The molecule has 0 saturated carbocycles. The Bertz CT molecular complexity index is 1170. The lowest BCUT2D eigenvalue weighted by molar-refractivity contribution is -0.164. The van der Waals surface area contributed by atoms with Gasteiger partial charge in [-0.1, -0.05) is 30.3 Å². The molecule has 1 aromatic carbocycles. The molecule has 1 saturated heterocycles. The fourth-order valence-electron chi connectivity index (χ4n) is 4.01. The molecule has 4 amide bonds. The quantitative estimate of drug-likeness (QED) is 0.593. The molecule has 0 N–H and O–H groups in total. The zero-order chi connectivity index (χ0) is 21.2. The number of urea groups is 1. The van der Waals surface area contributed by atoms with Crippen LogP contribution in [0.1, 0.15) is 17.0 Å². The van der Waals surface area contributed by atoms with Gasteiger partial charge in [0.1, 0.15) is 0 Å². The fourth-order valence-corrected chi connectivity index (χ4v) is 4.01. The number of fused-ring (bicyclic) bond motifs is 1. The molecule has 2 aromatic rings. The summed E-state index contributed by atoms with van der Waals surface area (Å²) in [5, 5.41) is 0. The monoisotopic (exact) mass is 398 g/mol. The number of rotatable bonds is 1. The van der Waals surface area contributed by atoms with Crippen molar-refractivity contribution in [2.45, 2.75) is 11.5 Å². The van der Waals surface area contributed by atoms with Gasteiger partial charge in [0.15, 0.2) is 0 Å². The van der Waals surface area contributed by atoms with Crippen LogP contribution in [0.4, 0.5) is 4.79 Å². The second kappa shape index (κ2) is 5.90. The van der Waals surface area contributed by atoms with Crippen molar-refractivity contribution in [1.82, 2.24) is 18.9 Å². The van der Waals surface area contributed by atoms with Crippen molar-refractivity contribution in [1.29, 1.82) is 0 Å². The third kappa shape index (κ3) is 2.13. The summed E-state index contributed by atoms with van der Waals surface area (Å²) in [6.07, 6.45) is 0. The highest BCUT2D eigenvalue weighted by molar-refractivity contribution is 6.22. The van der Waals surface area contributed by atoms with Crippen LogP contribution in [-0.4, -0.2) is 56.5 Å². The largest absolute Gasteiger partial charge is 0.450 e. The van der Waals surface area contributed by atoms with E-state index in [-0.39, 0.29) is 11.4 Å². The molecule has 2 aliphatic rings. The number of aromatic nitrogens is 2. The standard InChI is InChI=1S/C19H18N4O6/c1-20-13(24)11-12(10-8-6-5-7-9-10)19(29-14(11)21(2)17(20)27)15(25)22(3)18(28)23(4)16(19)26/h5-9,12H,1-4H3/t12-/m1/s1. The second-order valence-electron chi connectivity index (χ2n) is 7.12. The number of likely N-dealkylation sites (N-methyl/N-ethyl adjacent to an activating group) is 2. The third-order valence-electron chi connectivity index (χ3n) is 5.55. The van der Waals surface area contributed by atoms with E-state index >= 15 is 0 Å². The van der Waals surface area contributed by atoms with Crippen LogP contribution in [0.25, 0.3) is 0 Å². The first-order chi connectivity index (χ1) is 13.6. The molecule has 4 rings (SSSR count). The summed E-state index contributed by atoms with van der Waals surface area (Å²) >= 11 is 0. The molecule has 0 unspecified atom stereocenters. The smallest absolute Gasteiger partial charge is 0.333 e. The van der Waals surface area contributed by atoms with Gasteiger partial charge in [0.25, 0.3) is 23.0 Å². The minimum Gasteiger partial charge on any atom is -0.450 e. The number of barbiturate groups is 1. The van der Waals surface area contributed by atoms with Gasteiger partial charge in [-0.15, -0.1) is 0 Å². The summed E-state index contributed by atoms with van der Waals surface area (Å²) < 4.78 is 7.86. The van der Waals surface area contributed by atoms with Gasteiger partial charge < -0.3 is 4.74 Å². The molecule has 0 radical (unpaired) electrons. The number of carbonyl (C=O) groups is 3. The molecule has 10 nitrogen and oxygen atoms in total. The molecule has 150 valence electrons.